The molecule has 6 heteroatoms. The molecule has 0 amide bonds. The first-order valence-electron chi connectivity index (χ1n) is 37.8. The maximum atomic E-state index is 10.5. The summed E-state index contributed by atoms with van der Waals surface area (Å²) < 4.78 is 2.48. The molecule has 0 spiro atoms. The van der Waals surface area contributed by atoms with Gasteiger partial charge in [-0.05, 0) is 201 Å². The van der Waals surface area contributed by atoms with Gasteiger partial charge in [0.05, 0.1) is 40.6 Å². The predicted octanol–water partition coefficient (Wildman–Crippen LogP) is 26.1. The minimum Gasteiger partial charge on any atom is -0.310 e. The van der Waals surface area contributed by atoms with Gasteiger partial charge in [-0.3, -0.25) is 0 Å². The number of anilines is 6. The second-order valence-electron chi connectivity index (χ2n) is 33.6. The SMILES string of the molecule is [C-]#[N+]c1cccc(-c2cc(-c3ccccc3)c(N3c4cc(-n5c6ccccc6c6ccccc65)ccc4B4c5cc(-c6ccc(C(C)(C)C)cc6)ccc5N(c5c(-c6ccccc6)cc(-c6cccc(C#N)c6)cc5-c5ccc(C(C)(C)C)cc5)c5cc(C(C)(C)C)cc3c54)c(-c3ccc(C(C)(C)C)cc3)c2)c1. The monoisotopic (exact) mass is 1390 g/mol. The smallest absolute Gasteiger partial charge is 0.252 e. The van der Waals surface area contributed by atoms with Gasteiger partial charge in [-0.2, -0.15) is 5.26 Å². The van der Waals surface area contributed by atoms with Crippen LogP contribution in [-0.4, -0.2) is 11.3 Å². The summed E-state index contributed by atoms with van der Waals surface area (Å²) in [5, 5.41) is 12.9. The Morgan fingerprint density at radius 3 is 1.19 bits per heavy atom. The first kappa shape index (κ1) is 68.6. The zero-order chi connectivity index (χ0) is 74.7. The molecule has 108 heavy (non-hydrogen) atoms. The van der Waals surface area contributed by atoms with Crippen molar-refractivity contribution in [3.05, 3.63) is 343 Å². The number of nitriles is 1. The van der Waals surface area contributed by atoms with Crippen molar-refractivity contribution in [2.24, 2.45) is 0 Å². The van der Waals surface area contributed by atoms with Crippen LogP contribution in [0.1, 0.15) is 111 Å². The lowest BCUT2D eigenvalue weighted by Gasteiger charge is -2.46. The van der Waals surface area contributed by atoms with Crippen LogP contribution in [0.15, 0.2) is 303 Å². The highest BCUT2D eigenvalue weighted by atomic mass is 15.2. The molecule has 3 heterocycles. The van der Waals surface area contributed by atoms with Crippen LogP contribution in [0.25, 0.3) is 110 Å². The molecular weight excluding hydrogens is 1310 g/mol. The summed E-state index contributed by atoms with van der Waals surface area (Å²) in [6, 6.07) is 115. The lowest BCUT2D eigenvalue weighted by Crippen LogP contribution is -2.61. The topological polar surface area (TPSA) is 39.6 Å². The Hall–Kier alpha value is -12.5. The second-order valence-corrected chi connectivity index (χ2v) is 33.6. The number of aromatic nitrogens is 1. The van der Waals surface area contributed by atoms with Gasteiger partial charge in [0.25, 0.3) is 6.71 Å². The maximum absolute atomic E-state index is 10.5. The normalized spacial score (nSPS) is 12.7. The summed E-state index contributed by atoms with van der Waals surface area (Å²) in [6.45, 7) is 35.7. The van der Waals surface area contributed by atoms with Crippen LogP contribution in [0, 0.1) is 17.9 Å². The lowest BCUT2D eigenvalue weighted by molar-refractivity contribution is 0.590. The van der Waals surface area contributed by atoms with E-state index >= 15 is 0 Å². The summed E-state index contributed by atoms with van der Waals surface area (Å²) in [6.07, 6.45) is 0. The fourth-order valence-corrected chi connectivity index (χ4v) is 16.6. The molecule has 0 fully saturated rings. The Labute approximate surface area is 637 Å². The average molecular weight is 1390 g/mol. The van der Waals surface area contributed by atoms with Crippen LogP contribution in [0.2, 0.25) is 0 Å². The maximum Gasteiger partial charge on any atom is 0.252 e. The van der Waals surface area contributed by atoms with Crippen molar-refractivity contribution in [2.45, 2.75) is 105 Å². The quantitative estimate of drug-likeness (QED) is 0.101. The number of rotatable bonds is 10. The third-order valence-electron chi connectivity index (χ3n) is 22.4. The van der Waals surface area contributed by atoms with Gasteiger partial charge in [0.15, 0.2) is 5.69 Å². The molecule has 0 aliphatic carbocycles. The second kappa shape index (κ2) is 26.2. The number of fused-ring (bicyclic) bond motifs is 7. The zero-order valence-electron chi connectivity index (χ0n) is 63.7. The van der Waals surface area contributed by atoms with Crippen LogP contribution in [0.5, 0.6) is 0 Å². The Balaban J connectivity index is 1.06. The fourth-order valence-electron chi connectivity index (χ4n) is 16.6. The number of benzene rings is 14. The summed E-state index contributed by atoms with van der Waals surface area (Å²) >= 11 is 0. The zero-order valence-corrected chi connectivity index (χ0v) is 63.7. The summed E-state index contributed by atoms with van der Waals surface area (Å²) in [5.74, 6) is 0. The van der Waals surface area contributed by atoms with Gasteiger partial charge in [0, 0.05) is 61.5 Å². The molecule has 1 aromatic heterocycles. The molecule has 0 saturated heterocycles. The molecule has 5 nitrogen and oxygen atoms in total. The van der Waals surface area contributed by atoms with Crippen LogP contribution in [0.3, 0.4) is 0 Å². The molecule has 14 aromatic carbocycles. The fraction of sp³-hybridized carbons (Fsp3) is 0.157. The largest absolute Gasteiger partial charge is 0.310 e. The van der Waals surface area contributed by atoms with Crippen molar-refractivity contribution >= 4 is 84.7 Å². The van der Waals surface area contributed by atoms with Gasteiger partial charge >= 0.3 is 0 Å². The van der Waals surface area contributed by atoms with Crippen LogP contribution >= 0.6 is 0 Å². The van der Waals surface area contributed by atoms with E-state index in [4.69, 9.17) is 6.57 Å². The first-order chi connectivity index (χ1) is 52.0. The number of hydrogen-bond donors (Lipinski definition) is 0. The van der Waals surface area contributed by atoms with Gasteiger partial charge in [-0.1, -0.05) is 301 Å². The molecule has 15 aromatic rings. The van der Waals surface area contributed by atoms with Crippen molar-refractivity contribution in [3.8, 4) is 89.6 Å². The molecule has 0 atom stereocenters. The number of hydrogen-bond acceptors (Lipinski definition) is 3. The number of nitrogens with zero attached hydrogens (tertiary/aromatic N) is 5. The minimum absolute atomic E-state index is 0.0358. The molecule has 0 N–H and O–H groups in total. The van der Waals surface area contributed by atoms with Crippen molar-refractivity contribution in [1.29, 1.82) is 5.26 Å². The van der Waals surface area contributed by atoms with Gasteiger partial charge in [0.1, 0.15) is 0 Å². The van der Waals surface area contributed by atoms with Gasteiger partial charge in [0.2, 0.25) is 0 Å². The predicted molar refractivity (Wildman–Crippen MR) is 459 cm³/mol. The van der Waals surface area contributed by atoms with E-state index in [2.05, 4.69) is 375 Å². The van der Waals surface area contributed by atoms with Gasteiger partial charge in [-0.25, -0.2) is 4.85 Å². The molecule has 17 rings (SSSR count). The van der Waals surface area contributed by atoms with E-state index in [1.54, 1.807) is 0 Å². The molecule has 522 valence electrons. The van der Waals surface area contributed by atoms with E-state index in [0.29, 0.717) is 11.3 Å². The van der Waals surface area contributed by atoms with E-state index in [9.17, 15) is 5.26 Å². The molecule has 2 aliphatic heterocycles. The van der Waals surface area contributed by atoms with Crippen LogP contribution < -0.4 is 26.2 Å². The standard InChI is InChI=1S/C102H86BN5/c1-99(2,3)76-45-38-66(39-46-76)73-44-53-92-89(60-73)103-88-52-51-81(106-90-36-22-20-34-82(90)83-35-21-23-37-91(83)106)63-93(88)108(98-85(68-29-18-15-19-30-68)58-75(72-32-25-33-80(55-72)105-13)59-87(98)70-42-49-78(50-43-70)101(7,8)9)95-62-79(102(10,11)12)61-94(96(95)103)107(92)97-84(67-27-16-14-17-28-67)56-74(71-31-24-26-65(54-71)64-104)57-86(97)69-40-47-77(48-41-69)100(4,5)6/h14-63H,1-12H3. The molecule has 0 unspecified atom stereocenters. The van der Waals surface area contributed by atoms with Crippen molar-refractivity contribution < 1.29 is 0 Å². The molecular formula is C102H86BN5. The van der Waals surface area contributed by atoms with E-state index < -0.39 is 0 Å². The third-order valence-corrected chi connectivity index (χ3v) is 22.4. The lowest BCUT2D eigenvalue weighted by atomic mass is 9.33. The summed E-state index contributed by atoms with van der Waals surface area (Å²) in [7, 11) is 0. The first-order valence-corrected chi connectivity index (χ1v) is 37.8. The number of para-hydroxylation sites is 2. The molecule has 0 bridgehead atoms. The Kier molecular flexibility index (Phi) is 16.7. The summed E-state index contributed by atoms with van der Waals surface area (Å²) in [5.41, 5.74) is 33.6. The van der Waals surface area contributed by atoms with E-state index in [1.807, 2.05) is 36.4 Å². The Morgan fingerprint density at radius 2 is 0.722 bits per heavy atom. The third kappa shape index (κ3) is 12.1. The van der Waals surface area contributed by atoms with Gasteiger partial charge in [-0.15, -0.1) is 0 Å². The van der Waals surface area contributed by atoms with Crippen molar-refractivity contribution in [3.63, 3.8) is 0 Å². The average Bonchev–Trinajstić information content (AvgIpc) is 0.691. The van der Waals surface area contributed by atoms with Crippen molar-refractivity contribution in [2.75, 3.05) is 9.80 Å². The summed E-state index contributed by atoms with van der Waals surface area (Å²) in [4.78, 5) is 9.34. The van der Waals surface area contributed by atoms with Crippen LogP contribution in [-0.2, 0) is 21.7 Å². The highest BCUT2D eigenvalue weighted by Crippen LogP contribution is 2.56. The Morgan fingerprint density at radius 1 is 0.315 bits per heavy atom. The molecule has 2 aliphatic rings. The highest BCUT2D eigenvalue weighted by Gasteiger charge is 2.46. The van der Waals surface area contributed by atoms with Crippen LogP contribution in [0.4, 0.5) is 39.8 Å². The molecule has 0 radical (unpaired) electrons. The van der Waals surface area contributed by atoms with E-state index in [-0.39, 0.29) is 28.4 Å². The highest BCUT2D eigenvalue weighted by molar-refractivity contribution is 7.00. The Bertz CT molecular complexity index is 6100. The van der Waals surface area contributed by atoms with E-state index in [1.165, 1.54) is 49.4 Å². The minimum atomic E-state index is -0.387. The molecule has 0 saturated carbocycles. The van der Waals surface area contributed by atoms with Gasteiger partial charge < -0.3 is 14.4 Å². The van der Waals surface area contributed by atoms with E-state index in [0.717, 1.165) is 129 Å². The van der Waals surface area contributed by atoms with Crippen molar-refractivity contribution in [1.82, 2.24) is 4.57 Å².